The highest BCUT2D eigenvalue weighted by Crippen LogP contribution is 2.43. The Labute approximate surface area is 138 Å². The molecule has 1 saturated heterocycles. The lowest BCUT2D eigenvalue weighted by atomic mass is 9.97. The molecule has 1 fully saturated rings. The largest absolute Gasteiger partial charge is 0.504 e. The molecule has 1 aromatic carbocycles. The molecule has 0 aromatic heterocycles. The van der Waals surface area contributed by atoms with Gasteiger partial charge in [0.2, 0.25) is 5.75 Å². The maximum atomic E-state index is 12.6. The fourth-order valence-electron chi connectivity index (χ4n) is 2.68. The first-order valence-corrected chi connectivity index (χ1v) is 7.05. The highest BCUT2D eigenvalue weighted by atomic mass is 35.5. The molecular formula is C14H20ClF3N2O3. The Morgan fingerprint density at radius 1 is 1.09 bits per heavy atom. The van der Waals surface area contributed by atoms with Crippen molar-refractivity contribution in [3.63, 3.8) is 0 Å². The maximum absolute atomic E-state index is 12.6. The molecule has 132 valence electrons. The van der Waals surface area contributed by atoms with E-state index in [0.29, 0.717) is 26.2 Å². The van der Waals surface area contributed by atoms with Crippen LogP contribution >= 0.6 is 12.4 Å². The van der Waals surface area contributed by atoms with Crippen LogP contribution in [0.15, 0.2) is 12.1 Å². The monoisotopic (exact) mass is 356 g/mol. The van der Waals surface area contributed by atoms with Gasteiger partial charge < -0.3 is 20.6 Å². The van der Waals surface area contributed by atoms with E-state index in [4.69, 9.17) is 0 Å². The summed E-state index contributed by atoms with van der Waals surface area (Å²) in [4.78, 5) is 1.84. The van der Waals surface area contributed by atoms with Crippen molar-refractivity contribution in [2.24, 2.45) is 0 Å². The first kappa shape index (κ1) is 19.7. The summed E-state index contributed by atoms with van der Waals surface area (Å²) in [6.07, 6.45) is -5.50. The summed E-state index contributed by atoms with van der Waals surface area (Å²) in [6, 6.07) is 1.86. The average Bonchev–Trinajstić information content (AvgIpc) is 2.47. The fraction of sp³-hybridized carbons (Fsp3) is 0.571. The lowest BCUT2D eigenvalue weighted by Crippen LogP contribution is -2.45. The Morgan fingerprint density at radius 3 is 2.26 bits per heavy atom. The molecule has 2 rings (SSSR count). The Hall–Kier alpha value is -1.38. The summed E-state index contributed by atoms with van der Waals surface area (Å²) in [5, 5.41) is 32.1. The predicted molar refractivity (Wildman–Crippen MR) is 81.2 cm³/mol. The molecule has 9 heteroatoms. The molecule has 1 atom stereocenters. The van der Waals surface area contributed by atoms with E-state index in [1.165, 1.54) is 12.1 Å². The van der Waals surface area contributed by atoms with Gasteiger partial charge in [0.15, 0.2) is 11.5 Å². The quantitative estimate of drug-likeness (QED) is 0.624. The van der Waals surface area contributed by atoms with E-state index >= 15 is 0 Å². The summed E-state index contributed by atoms with van der Waals surface area (Å²) in [5.74, 6) is -1.77. The Morgan fingerprint density at radius 2 is 1.70 bits per heavy atom. The van der Waals surface area contributed by atoms with Crippen LogP contribution in [-0.4, -0.2) is 52.6 Å². The standard InChI is InChI=1S/C14H19F3N2O3.ClH/c15-14(16,17)4-3-10(19-7-5-18-6-8-19)9-1-2-11(20)13(22)12(9)21;/h1-2,10,18,20-22H,3-8H2;1H/t10-;/m0./s1. The number of aromatic hydroxyl groups is 3. The number of nitrogens with one attached hydrogen (secondary N) is 1. The molecule has 1 heterocycles. The third-order valence-electron chi connectivity index (χ3n) is 3.81. The zero-order chi connectivity index (χ0) is 16.3. The van der Waals surface area contributed by atoms with Crippen molar-refractivity contribution in [1.82, 2.24) is 10.2 Å². The SMILES string of the molecule is Cl.Oc1ccc([C@H](CCC(F)(F)F)N2CCNCC2)c(O)c1O. The van der Waals surface area contributed by atoms with Gasteiger partial charge in [0.25, 0.3) is 0 Å². The molecule has 23 heavy (non-hydrogen) atoms. The summed E-state index contributed by atoms with van der Waals surface area (Å²) >= 11 is 0. The van der Waals surface area contributed by atoms with Gasteiger partial charge in [-0.25, -0.2) is 0 Å². The van der Waals surface area contributed by atoms with Crippen molar-refractivity contribution in [3.05, 3.63) is 17.7 Å². The van der Waals surface area contributed by atoms with E-state index in [2.05, 4.69) is 5.32 Å². The van der Waals surface area contributed by atoms with Crippen LogP contribution in [-0.2, 0) is 0 Å². The Kier molecular flexibility index (Phi) is 6.79. The minimum absolute atomic E-state index is 0. The second kappa shape index (κ2) is 7.94. The van der Waals surface area contributed by atoms with Gasteiger partial charge >= 0.3 is 6.18 Å². The fourth-order valence-corrected chi connectivity index (χ4v) is 2.68. The average molecular weight is 357 g/mol. The third-order valence-corrected chi connectivity index (χ3v) is 3.81. The van der Waals surface area contributed by atoms with Crippen molar-refractivity contribution in [1.29, 1.82) is 0 Å². The lowest BCUT2D eigenvalue weighted by Gasteiger charge is -2.35. The minimum Gasteiger partial charge on any atom is -0.504 e. The van der Waals surface area contributed by atoms with E-state index < -0.39 is 35.9 Å². The highest BCUT2D eigenvalue weighted by Gasteiger charge is 2.33. The molecule has 0 aliphatic carbocycles. The number of hydrogen-bond donors (Lipinski definition) is 4. The molecule has 0 amide bonds. The van der Waals surface area contributed by atoms with E-state index in [1.807, 2.05) is 4.90 Å². The van der Waals surface area contributed by atoms with Crippen molar-refractivity contribution in [3.8, 4) is 17.2 Å². The molecule has 0 spiro atoms. The van der Waals surface area contributed by atoms with Crippen LogP contribution in [0.1, 0.15) is 24.4 Å². The van der Waals surface area contributed by atoms with Crippen molar-refractivity contribution < 1.29 is 28.5 Å². The molecule has 5 nitrogen and oxygen atoms in total. The predicted octanol–water partition coefficient (Wildman–Crippen LogP) is 2.51. The van der Waals surface area contributed by atoms with Gasteiger partial charge in [-0.15, -0.1) is 12.4 Å². The van der Waals surface area contributed by atoms with Gasteiger partial charge in [-0.1, -0.05) is 0 Å². The number of benzene rings is 1. The molecule has 1 aromatic rings. The van der Waals surface area contributed by atoms with Crippen molar-refractivity contribution >= 4 is 12.4 Å². The van der Waals surface area contributed by atoms with Crippen LogP contribution in [0.25, 0.3) is 0 Å². The number of phenolic OH excluding ortho intramolecular Hbond substituents is 3. The second-order valence-electron chi connectivity index (χ2n) is 5.33. The molecule has 4 N–H and O–H groups in total. The molecular weight excluding hydrogens is 337 g/mol. The lowest BCUT2D eigenvalue weighted by molar-refractivity contribution is -0.138. The minimum atomic E-state index is -4.29. The van der Waals surface area contributed by atoms with Gasteiger partial charge in [-0.3, -0.25) is 4.90 Å². The van der Waals surface area contributed by atoms with Crippen LogP contribution in [0.5, 0.6) is 17.2 Å². The molecule has 0 radical (unpaired) electrons. The van der Waals surface area contributed by atoms with Crippen LogP contribution in [0.4, 0.5) is 13.2 Å². The number of rotatable bonds is 4. The van der Waals surface area contributed by atoms with Crippen LogP contribution in [0, 0.1) is 0 Å². The number of phenols is 3. The van der Waals surface area contributed by atoms with Gasteiger partial charge in [-0.2, -0.15) is 13.2 Å². The van der Waals surface area contributed by atoms with E-state index in [-0.39, 0.29) is 24.4 Å². The highest BCUT2D eigenvalue weighted by molar-refractivity contribution is 5.85. The van der Waals surface area contributed by atoms with Gasteiger partial charge in [-0.05, 0) is 18.6 Å². The molecule has 1 aliphatic heterocycles. The second-order valence-corrected chi connectivity index (χ2v) is 5.33. The number of alkyl halides is 3. The number of halogens is 4. The van der Waals surface area contributed by atoms with E-state index in [9.17, 15) is 28.5 Å². The molecule has 0 saturated carbocycles. The number of piperazine rings is 1. The summed E-state index contributed by atoms with van der Waals surface area (Å²) in [6.45, 7) is 2.38. The normalized spacial score (nSPS) is 17.5. The summed E-state index contributed by atoms with van der Waals surface area (Å²) in [5.41, 5.74) is 0.196. The number of hydrogen-bond acceptors (Lipinski definition) is 5. The van der Waals surface area contributed by atoms with Crippen LogP contribution < -0.4 is 5.32 Å². The zero-order valence-corrected chi connectivity index (χ0v) is 13.1. The van der Waals surface area contributed by atoms with E-state index in [1.54, 1.807) is 0 Å². The number of nitrogens with zero attached hydrogens (tertiary/aromatic N) is 1. The van der Waals surface area contributed by atoms with Crippen LogP contribution in [0.3, 0.4) is 0 Å². The summed E-state index contributed by atoms with van der Waals surface area (Å²) in [7, 11) is 0. The maximum Gasteiger partial charge on any atom is 0.389 e. The molecule has 0 bridgehead atoms. The van der Waals surface area contributed by atoms with Gasteiger partial charge in [0.1, 0.15) is 0 Å². The van der Waals surface area contributed by atoms with Gasteiger partial charge in [0.05, 0.1) is 0 Å². The van der Waals surface area contributed by atoms with Gasteiger partial charge in [0, 0.05) is 44.2 Å². The molecule has 0 unspecified atom stereocenters. The summed E-state index contributed by atoms with van der Waals surface area (Å²) < 4.78 is 37.7. The topological polar surface area (TPSA) is 76.0 Å². The third kappa shape index (κ3) is 5.05. The van der Waals surface area contributed by atoms with Crippen LogP contribution in [0.2, 0.25) is 0 Å². The van der Waals surface area contributed by atoms with Crippen molar-refractivity contribution in [2.75, 3.05) is 26.2 Å². The Bertz CT molecular complexity index is 523. The molecule has 1 aliphatic rings. The van der Waals surface area contributed by atoms with E-state index in [0.717, 1.165) is 0 Å². The Balaban J connectivity index is 0.00000264. The smallest absolute Gasteiger partial charge is 0.389 e. The van der Waals surface area contributed by atoms with Crippen molar-refractivity contribution in [2.45, 2.75) is 25.1 Å². The first-order valence-electron chi connectivity index (χ1n) is 7.05. The zero-order valence-electron chi connectivity index (χ0n) is 12.3. The first-order chi connectivity index (χ1) is 10.3.